The first-order chi connectivity index (χ1) is 8.12. The van der Waals surface area contributed by atoms with Crippen molar-refractivity contribution < 1.29 is 9.47 Å². The molecule has 102 valence electrons. The van der Waals surface area contributed by atoms with E-state index < -0.39 is 0 Å². The molecule has 4 nitrogen and oxygen atoms in total. The Bertz CT molecular complexity index is 221. The van der Waals surface area contributed by atoms with Crippen LogP contribution in [-0.2, 0) is 9.47 Å². The zero-order chi connectivity index (χ0) is 12.9. The molecule has 0 aromatic rings. The third-order valence-electron chi connectivity index (χ3n) is 4.05. The number of nitrogens with two attached hydrogens (primary N) is 1. The van der Waals surface area contributed by atoms with E-state index in [4.69, 9.17) is 15.2 Å². The van der Waals surface area contributed by atoms with Gasteiger partial charge in [-0.05, 0) is 32.2 Å². The minimum Gasteiger partial charge on any atom is -0.354 e. The van der Waals surface area contributed by atoms with Gasteiger partial charge in [-0.3, -0.25) is 4.90 Å². The fourth-order valence-corrected chi connectivity index (χ4v) is 2.92. The molecule has 0 amide bonds. The largest absolute Gasteiger partial charge is 0.354 e. The molecule has 1 aliphatic rings. The quantitative estimate of drug-likeness (QED) is 0.689. The second-order valence-electron chi connectivity index (χ2n) is 5.25. The maximum atomic E-state index is 5.96. The van der Waals surface area contributed by atoms with E-state index in [-0.39, 0.29) is 11.8 Å². The lowest BCUT2D eigenvalue weighted by Crippen LogP contribution is -2.59. The van der Waals surface area contributed by atoms with Crippen LogP contribution < -0.4 is 5.73 Å². The van der Waals surface area contributed by atoms with Crippen molar-refractivity contribution in [1.29, 1.82) is 0 Å². The molecule has 0 radical (unpaired) electrons. The molecular weight excluding hydrogens is 216 g/mol. The molecule has 2 unspecified atom stereocenters. The molecule has 0 spiro atoms. The van der Waals surface area contributed by atoms with Gasteiger partial charge in [0.05, 0.1) is 5.54 Å². The van der Waals surface area contributed by atoms with Gasteiger partial charge in [-0.1, -0.05) is 13.3 Å². The fraction of sp³-hybridized carbons (Fsp3) is 1.00. The van der Waals surface area contributed by atoms with Crippen LogP contribution in [-0.4, -0.2) is 50.6 Å². The highest BCUT2D eigenvalue weighted by Gasteiger charge is 2.42. The van der Waals surface area contributed by atoms with Gasteiger partial charge in [0.25, 0.3) is 0 Å². The predicted octanol–water partition coefficient (Wildman–Crippen LogP) is 1.44. The lowest BCUT2D eigenvalue weighted by atomic mass is 9.98. The minimum absolute atomic E-state index is 0.216. The van der Waals surface area contributed by atoms with Crippen LogP contribution in [0.25, 0.3) is 0 Å². The van der Waals surface area contributed by atoms with Gasteiger partial charge >= 0.3 is 0 Å². The molecule has 2 N–H and O–H groups in total. The standard InChI is InChI=1S/C13H28N2O2/c1-5-6-11-7-8-15(9-11)13(2,10-14)12(16-3)17-4/h11-12H,5-10,14H2,1-4H3. The smallest absolute Gasteiger partial charge is 0.176 e. The van der Waals surface area contributed by atoms with Crippen molar-refractivity contribution in [2.45, 2.75) is 44.9 Å². The highest BCUT2D eigenvalue weighted by Crippen LogP contribution is 2.30. The van der Waals surface area contributed by atoms with Crippen molar-refractivity contribution in [3.8, 4) is 0 Å². The molecule has 0 aliphatic carbocycles. The number of methoxy groups -OCH3 is 2. The van der Waals surface area contributed by atoms with Crippen molar-refractivity contribution in [1.82, 2.24) is 4.90 Å². The molecule has 0 aromatic heterocycles. The molecule has 0 saturated carbocycles. The van der Waals surface area contributed by atoms with Gasteiger partial charge in [-0.2, -0.15) is 0 Å². The number of hydrogen-bond donors (Lipinski definition) is 1. The maximum absolute atomic E-state index is 5.96. The van der Waals surface area contributed by atoms with Crippen LogP contribution in [0, 0.1) is 5.92 Å². The summed E-state index contributed by atoms with van der Waals surface area (Å²) in [5.74, 6) is 0.806. The van der Waals surface area contributed by atoms with Crippen LogP contribution in [0.4, 0.5) is 0 Å². The normalized spacial score (nSPS) is 25.4. The summed E-state index contributed by atoms with van der Waals surface area (Å²) in [4.78, 5) is 2.44. The fourth-order valence-electron chi connectivity index (χ4n) is 2.92. The van der Waals surface area contributed by atoms with Crippen LogP contribution in [0.5, 0.6) is 0 Å². The van der Waals surface area contributed by atoms with Crippen LogP contribution in [0.2, 0.25) is 0 Å². The third-order valence-corrected chi connectivity index (χ3v) is 4.05. The van der Waals surface area contributed by atoms with E-state index in [1.54, 1.807) is 14.2 Å². The Morgan fingerprint density at radius 1 is 1.41 bits per heavy atom. The Morgan fingerprint density at radius 2 is 2.06 bits per heavy atom. The molecule has 0 aromatic carbocycles. The first-order valence-corrected chi connectivity index (χ1v) is 6.63. The Kier molecular flexibility index (Phi) is 5.86. The van der Waals surface area contributed by atoms with Gasteiger partial charge in [0, 0.05) is 27.3 Å². The first kappa shape index (κ1) is 14.9. The zero-order valence-electron chi connectivity index (χ0n) is 11.7. The molecule has 1 heterocycles. The Labute approximate surface area is 105 Å². The second kappa shape index (κ2) is 6.69. The van der Waals surface area contributed by atoms with Crippen LogP contribution in [0.1, 0.15) is 33.1 Å². The van der Waals surface area contributed by atoms with Gasteiger partial charge in [-0.25, -0.2) is 0 Å². The van der Waals surface area contributed by atoms with Crippen molar-refractivity contribution in [3.63, 3.8) is 0 Å². The van der Waals surface area contributed by atoms with Crippen molar-refractivity contribution in [3.05, 3.63) is 0 Å². The summed E-state index contributed by atoms with van der Waals surface area (Å²) in [6.45, 7) is 7.15. The van der Waals surface area contributed by atoms with E-state index >= 15 is 0 Å². The Morgan fingerprint density at radius 3 is 2.53 bits per heavy atom. The highest BCUT2D eigenvalue weighted by molar-refractivity contribution is 4.94. The summed E-state index contributed by atoms with van der Waals surface area (Å²) in [6, 6.07) is 0. The summed E-state index contributed by atoms with van der Waals surface area (Å²) < 4.78 is 10.8. The average molecular weight is 244 g/mol. The second-order valence-corrected chi connectivity index (χ2v) is 5.25. The van der Waals surface area contributed by atoms with Crippen molar-refractivity contribution in [2.75, 3.05) is 33.9 Å². The maximum Gasteiger partial charge on any atom is 0.176 e. The number of hydrogen-bond acceptors (Lipinski definition) is 4. The van der Waals surface area contributed by atoms with E-state index in [1.165, 1.54) is 19.3 Å². The van der Waals surface area contributed by atoms with E-state index in [9.17, 15) is 0 Å². The van der Waals surface area contributed by atoms with E-state index in [1.807, 2.05) is 0 Å². The number of likely N-dealkylation sites (tertiary alicyclic amines) is 1. The molecule has 17 heavy (non-hydrogen) atoms. The molecule has 1 fully saturated rings. The third kappa shape index (κ3) is 3.19. The van der Waals surface area contributed by atoms with Crippen molar-refractivity contribution >= 4 is 0 Å². The minimum atomic E-state index is -0.257. The molecule has 1 rings (SSSR count). The number of rotatable bonds is 7. The topological polar surface area (TPSA) is 47.7 Å². The van der Waals surface area contributed by atoms with Crippen LogP contribution in [0.15, 0.2) is 0 Å². The molecule has 1 aliphatic heterocycles. The monoisotopic (exact) mass is 244 g/mol. The summed E-state index contributed by atoms with van der Waals surface area (Å²) in [5.41, 5.74) is 5.74. The molecule has 1 saturated heterocycles. The zero-order valence-corrected chi connectivity index (χ0v) is 11.7. The van der Waals surface area contributed by atoms with Gasteiger partial charge in [0.2, 0.25) is 0 Å². The summed E-state index contributed by atoms with van der Waals surface area (Å²) >= 11 is 0. The predicted molar refractivity (Wildman–Crippen MR) is 69.9 cm³/mol. The molecule has 2 atom stereocenters. The van der Waals surface area contributed by atoms with Gasteiger partial charge < -0.3 is 15.2 Å². The summed E-state index contributed by atoms with van der Waals surface area (Å²) in [5, 5.41) is 0. The lowest BCUT2D eigenvalue weighted by molar-refractivity contribution is -0.178. The first-order valence-electron chi connectivity index (χ1n) is 6.63. The lowest BCUT2D eigenvalue weighted by Gasteiger charge is -2.42. The summed E-state index contributed by atoms with van der Waals surface area (Å²) in [6.07, 6.45) is 3.58. The van der Waals surface area contributed by atoms with E-state index in [2.05, 4.69) is 18.7 Å². The molecule has 0 bridgehead atoms. The van der Waals surface area contributed by atoms with E-state index in [0.717, 1.165) is 19.0 Å². The van der Waals surface area contributed by atoms with Gasteiger partial charge in [0.15, 0.2) is 6.29 Å². The van der Waals surface area contributed by atoms with Gasteiger partial charge in [-0.15, -0.1) is 0 Å². The Balaban J connectivity index is 2.67. The number of ether oxygens (including phenoxy) is 2. The molecule has 4 heteroatoms. The Hall–Kier alpha value is -0.160. The van der Waals surface area contributed by atoms with Crippen molar-refractivity contribution in [2.24, 2.45) is 11.7 Å². The van der Waals surface area contributed by atoms with Crippen LogP contribution >= 0.6 is 0 Å². The highest BCUT2D eigenvalue weighted by atomic mass is 16.7. The SMILES string of the molecule is CCCC1CCN(C(C)(CN)C(OC)OC)C1. The average Bonchev–Trinajstić information content (AvgIpc) is 2.80. The van der Waals surface area contributed by atoms with E-state index in [0.29, 0.717) is 6.54 Å². The van der Waals surface area contributed by atoms with Crippen LogP contribution in [0.3, 0.4) is 0 Å². The van der Waals surface area contributed by atoms with Gasteiger partial charge in [0.1, 0.15) is 0 Å². The summed E-state index contributed by atoms with van der Waals surface area (Å²) in [7, 11) is 3.36. The molecular formula is C13H28N2O2. The number of nitrogens with zero attached hydrogens (tertiary/aromatic N) is 1.